The van der Waals surface area contributed by atoms with Crippen LogP contribution in [0.25, 0.3) is 0 Å². The fourth-order valence-electron chi connectivity index (χ4n) is 2.13. The number of methoxy groups -OCH3 is 1. The Morgan fingerprint density at radius 1 is 1.14 bits per heavy atom. The first-order valence-corrected chi connectivity index (χ1v) is 8.01. The molecule has 0 heterocycles. The first-order chi connectivity index (χ1) is 13.7. The highest BCUT2D eigenvalue weighted by Gasteiger charge is 2.15. The van der Waals surface area contributed by atoms with Crippen LogP contribution < -0.4 is 10.1 Å². The molecule has 0 aromatic heterocycles. The Morgan fingerprint density at radius 3 is 2.31 bits per heavy atom. The maximum Gasteiger partial charge on any atom is 0.335 e. The zero-order valence-corrected chi connectivity index (χ0v) is 15.3. The molecule has 0 saturated heterocycles. The van der Waals surface area contributed by atoms with E-state index in [1.54, 1.807) is 0 Å². The van der Waals surface area contributed by atoms with Crippen molar-refractivity contribution in [1.29, 1.82) is 0 Å². The Labute approximate surface area is 164 Å². The van der Waals surface area contributed by atoms with Crippen LogP contribution in [0.3, 0.4) is 0 Å². The van der Waals surface area contributed by atoms with Crippen molar-refractivity contribution < 1.29 is 29.5 Å². The van der Waals surface area contributed by atoms with Gasteiger partial charge >= 0.3 is 5.97 Å². The number of anilines is 1. The van der Waals surface area contributed by atoms with E-state index in [0.29, 0.717) is 0 Å². The molecule has 0 aliphatic carbocycles. The first-order valence-electron chi connectivity index (χ1n) is 8.01. The summed E-state index contributed by atoms with van der Waals surface area (Å²) >= 11 is 0. The maximum absolute atomic E-state index is 12.4. The van der Waals surface area contributed by atoms with Crippen molar-refractivity contribution >= 4 is 28.9 Å². The number of ether oxygens (including phenoxy) is 1. The van der Waals surface area contributed by atoms with Gasteiger partial charge in [-0.25, -0.2) is 4.79 Å². The molecule has 2 aromatic rings. The van der Waals surface area contributed by atoms with Gasteiger partial charge in [0.1, 0.15) is 11.4 Å². The zero-order valence-electron chi connectivity index (χ0n) is 15.3. The Kier molecular flexibility index (Phi) is 6.58. The average Bonchev–Trinajstić information content (AvgIpc) is 2.68. The number of azo groups is 1. The number of rotatable bonds is 7. The summed E-state index contributed by atoms with van der Waals surface area (Å²) in [5.74, 6) is -2.27. The molecule has 0 bridgehead atoms. The molecule has 11 heteroatoms. The monoisotopic (exact) mass is 400 g/mol. The number of carboxylic acids is 1. The number of nitrogens with one attached hydrogen (secondary N) is 1. The van der Waals surface area contributed by atoms with Gasteiger partial charge in [-0.2, -0.15) is 0 Å². The topological polar surface area (TPSA) is 164 Å². The van der Waals surface area contributed by atoms with Gasteiger partial charge in [0, 0.05) is 11.8 Å². The molecule has 0 aliphatic rings. The van der Waals surface area contributed by atoms with Crippen molar-refractivity contribution in [2.75, 3.05) is 12.4 Å². The van der Waals surface area contributed by atoms with Crippen molar-refractivity contribution in [3.05, 3.63) is 69.6 Å². The Bertz CT molecular complexity index is 1010. The van der Waals surface area contributed by atoms with E-state index in [1.807, 2.05) is 0 Å². The molecule has 29 heavy (non-hydrogen) atoms. The van der Waals surface area contributed by atoms with Crippen LogP contribution in [-0.4, -0.2) is 34.1 Å². The summed E-state index contributed by atoms with van der Waals surface area (Å²) < 4.78 is 5.03. The molecular weight excluding hydrogens is 384 g/mol. The number of amides is 1. The summed E-state index contributed by atoms with van der Waals surface area (Å²) in [5.41, 5.74) is -0.190. The van der Waals surface area contributed by atoms with Crippen LogP contribution in [-0.2, 0) is 4.79 Å². The van der Waals surface area contributed by atoms with Gasteiger partial charge in [-0.3, -0.25) is 14.9 Å². The second-order valence-corrected chi connectivity index (χ2v) is 5.58. The molecule has 11 nitrogen and oxygen atoms in total. The molecule has 0 unspecified atom stereocenters. The summed E-state index contributed by atoms with van der Waals surface area (Å²) in [4.78, 5) is 33.5. The molecule has 0 aliphatic heterocycles. The van der Waals surface area contributed by atoms with E-state index in [1.165, 1.54) is 50.4 Å². The van der Waals surface area contributed by atoms with Crippen LogP contribution in [0, 0.1) is 10.1 Å². The van der Waals surface area contributed by atoms with Gasteiger partial charge in [0.25, 0.3) is 11.6 Å². The van der Waals surface area contributed by atoms with Gasteiger partial charge in [-0.1, -0.05) is 0 Å². The number of hydrogen-bond acceptors (Lipinski definition) is 8. The van der Waals surface area contributed by atoms with Crippen molar-refractivity contribution in [1.82, 2.24) is 0 Å². The number of allylic oxidation sites excluding steroid dienone is 1. The number of aliphatic hydroxyl groups excluding tert-OH is 1. The summed E-state index contributed by atoms with van der Waals surface area (Å²) in [6, 6.07) is 8.98. The minimum absolute atomic E-state index is 0.0436. The first kappa shape index (κ1) is 21.0. The molecule has 0 radical (unpaired) electrons. The Morgan fingerprint density at radius 2 is 1.79 bits per heavy atom. The molecule has 0 atom stereocenters. The van der Waals surface area contributed by atoms with Gasteiger partial charge in [-0.15, -0.1) is 10.2 Å². The van der Waals surface area contributed by atoms with Gasteiger partial charge in [-0.05, 0) is 37.3 Å². The number of carbonyl (C=O) groups excluding carboxylic acids is 1. The third-order valence-corrected chi connectivity index (χ3v) is 3.58. The second kappa shape index (κ2) is 9.08. The van der Waals surface area contributed by atoms with Crippen molar-refractivity contribution in [3.8, 4) is 5.75 Å². The van der Waals surface area contributed by atoms with Crippen molar-refractivity contribution in [2.45, 2.75) is 6.92 Å². The number of nitro benzene ring substituents is 1. The minimum Gasteiger partial charge on any atom is -0.510 e. The van der Waals surface area contributed by atoms with E-state index in [2.05, 4.69) is 15.5 Å². The van der Waals surface area contributed by atoms with Gasteiger partial charge in [0.15, 0.2) is 11.4 Å². The summed E-state index contributed by atoms with van der Waals surface area (Å²) in [6.45, 7) is 1.23. The molecule has 150 valence electrons. The van der Waals surface area contributed by atoms with Gasteiger partial charge < -0.3 is 20.3 Å². The third kappa shape index (κ3) is 5.35. The van der Waals surface area contributed by atoms with Crippen LogP contribution >= 0.6 is 0 Å². The van der Waals surface area contributed by atoms with Gasteiger partial charge in [0.05, 0.1) is 23.7 Å². The van der Waals surface area contributed by atoms with E-state index < -0.39 is 28.3 Å². The van der Waals surface area contributed by atoms with Crippen LogP contribution in [0.1, 0.15) is 17.3 Å². The highest BCUT2D eigenvalue weighted by molar-refractivity contribution is 6.03. The lowest BCUT2D eigenvalue weighted by atomic mass is 10.2. The smallest absolute Gasteiger partial charge is 0.335 e. The number of aliphatic hydroxyl groups is 1. The summed E-state index contributed by atoms with van der Waals surface area (Å²) in [7, 11) is 1.29. The predicted molar refractivity (Wildman–Crippen MR) is 102 cm³/mol. The fraction of sp³-hybridized carbons (Fsp3) is 0.111. The Hall–Kier alpha value is -4.28. The second-order valence-electron chi connectivity index (χ2n) is 5.58. The number of carboxylic acid groups (broad SMARTS) is 1. The third-order valence-electron chi connectivity index (χ3n) is 3.58. The number of non-ortho nitro benzene ring substituents is 1. The summed E-state index contributed by atoms with van der Waals surface area (Å²) in [6.07, 6.45) is 0. The highest BCUT2D eigenvalue weighted by Crippen LogP contribution is 2.32. The molecular formula is C18H16N4O7. The maximum atomic E-state index is 12.4. The van der Waals surface area contributed by atoms with E-state index in [-0.39, 0.29) is 28.4 Å². The predicted octanol–water partition coefficient (Wildman–Crippen LogP) is 3.81. The van der Waals surface area contributed by atoms with Crippen molar-refractivity contribution in [3.63, 3.8) is 0 Å². The van der Waals surface area contributed by atoms with E-state index in [0.717, 1.165) is 6.07 Å². The van der Waals surface area contributed by atoms with Crippen LogP contribution in [0.4, 0.5) is 17.1 Å². The SMILES string of the molecule is COc1cc([N+](=O)[O-])ccc1N=N/C(C(=O)Nc1ccc(C(=O)O)cc1)=C(\C)O. The lowest BCUT2D eigenvalue weighted by Gasteiger charge is -2.07. The van der Waals surface area contributed by atoms with Crippen LogP contribution in [0.2, 0.25) is 0 Å². The molecule has 1 amide bonds. The number of nitro groups is 1. The average molecular weight is 400 g/mol. The Balaban J connectivity index is 2.24. The number of aromatic carboxylic acids is 1. The highest BCUT2D eigenvalue weighted by atomic mass is 16.6. The lowest BCUT2D eigenvalue weighted by molar-refractivity contribution is -0.384. The standard InChI is InChI=1S/C18H16N4O7/c1-10(23)16(17(24)19-12-5-3-11(4-6-12)18(25)26)21-20-14-8-7-13(22(27)28)9-15(14)29-2/h3-9,23H,1-2H3,(H,19,24)(H,25,26)/b16-10+,21-20?. The summed E-state index contributed by atoms with van der Waals surface area (Å²) in [5, 5.41) is 39.5. The molecule has 0 fully saturated rings. The zero-order chi connectivity index (χ0) is 21.6. The largest absolute Gasteiger partial charge is 0.510 e. The van der Waals surface area contributed by atoms with Crippen molar-refractivity contribution in [2.24, 2.45) is 10.2 Å². The molecule has 2 rings (SSSR count). The normalized spacial score (nSPS) is 11.7. The number of benzene rings is 2. The van der Waals surface area contributed by atoms with E-state index in [4.69, 9.17) is 9.84 Å². The molecule has 3 N–H and O–H groups in total. The van der Waals surface area contributed by atoms with E-state index >= 15 is 0 Å². The number of nitrogens with zero attached hydrogens (tertiary/aromatic N) is 3. The van der Waals surface area contributed by atoms with Crippen LogP contribution in [0.5, 0.6) is 5.75 Å². The van der Waals surface area contributed by atoms with Crippen LogP contribution in [0.15, 0.2) is 64.1 Å². The minimum atomic E-state index is -1.11. The van der Waals surface area contributed by atoms with Gasteiger partial charge in [0.2, 0.25) is 0 Å². The fourth-order valence-corrected chi connectivity index (χ4v) is 2.13. The number of hydrogen-bond donors (Lipinski definition) is 3. The number of carbonyl (C=O) groups is 2. The van der Waals surface area contributed by atoms with E-state index in [9.17, 15) is 24.8 Å². The lowest BCUT2D eigenvalue weighted by Crippen LogP contribution is -2.14. The molecule has 2 aromatic carbocycles. The molecule has 0 saturated carbocycles. The quantitative estimate of drug-likeness (QED) is 0.209. The molecule has 0 spiro atoms.